The Hall–Kier alpha value is -5.66. The second-order valence-electron chi connectivity index (χ2n) is 13.0. The number of fused-ring (bicyclic) bond motifs is 6. The molecule has 1 heterocycles. The molecule has 218 valence electrons. The van der Waals surface area contributed by atoms with Gasteiger partial charge in [-0.2, -0.15) is 0 Å². The maximum absolute atomic E-state index is 3.75. The maximum atomic E-state index is 3.75. The van der Waals surface area contributed by atoms with Gasteiger partial charge in [-0.25, -0.2) is 0 Å². The van der Waals surface area contributed by atoms with E-state index in [-0.39, 0.29) is 5.41 Å². The predicted octanol–water partition coefficient (Wildman–Crippen LogP) is 12.3. The Morgan fingerprint density at radius 3 is 1.76 bits per heavy atom. The van der Waals surface area contributed by atoms with Crippen molar-refractivity contribution in [3.63, 3.8) is 0 Å². The van der Waals surface area contributed by atoms with Gasteiger partial charge in [0, 0.05) is 27.3 Å². The van der Waals surface area contributed by atoms with E-state index >= 15 is 0 Å². The molecule has 1 aromatic heterocycles. The number of H-pyrrole nitrogens is 1. The van der Waals surface area contributed by atoms with Crippen LogP contribution in [0.4, 0.5) is 0 Å². The summed E-state index contributed by atoms with van der Waals surface area (Å²) in [4.78, 5) is 3.75. The fourth-order valence-corrected chi connectivity index (χ4v) is 7.70. The number of hydrogen-bond donors (Lipinski definition) is 1. The summed E-state index contributed by atoms with van der Waals surface area (Å²) in [6.45, 7) is 4.69. The van der Waals surface area contributed by atoms with Crippen LogP contribution in [0.1, 0.15) is 25.0 Å². The molecular formula is C45H33N. The van der Waals surface area contributed by atoms with Gasteiger partial charge in [0.1, 0.15) is 0 Å². The summed E-state index contributed by atoms with van der Waals surface area (Å²) in [6.07, 6.45) is 0. The number of aromatic amines is 1. The SMILES string of the molecule is CC1(C)c2ccccc2-c2c(-c3cccc(-c4cccc(-c5cccc6c5[nH]c5ccc(-c7ccccc7)cc56)c4)c3)cccc21. The van der Waals surface area contributed by atoms with E-state index in [2.05, 4.69) is 177 Å². The molecule has 1 N–H and O–H groups in total. The lowest BCUT2D eigenvalue weighted by Crippen LogP contribution is -2.14. The summed E-state index contributed by atoms with van der Waals surface area (Å²) in [6, 6.07) is 57.7. The molecule has 0 amide bonds. The van der Waals surface area contributed by atoms with Gasteiger partial charge >= 0.3 is 0 Å². The molecule has 46 heavy (non-hydrogen) atoms. The first-order chi connectivity index (χ1) is 22.6. The molecule has 0 aliphatic heterocycles. The lowest BCUT2D eigenvalue weighted by atomic mass is 9.82. The summed E-state index contributed by atoms with van der Waals surface area (Å²) in [5.74, 6) is 0. The van der Waals surface area contributed by atoms with Crippen LogP contribution in [0.15, 0.2) is 158 Å². The smallest absolute Gasteiger partial charge is 0.0544 e. The summed E-state index contributed by atoms with van der Waals surface area (Å²) in [5.41, 5.74) is 17.7. The lowest BCUT2D eigenvalue weighted by Gasteiger charge is -2.21. The lowest BCUT2D eigenvalue weighted by molar-refractivity contribution is 0.660. The fraction of sp³-hybridized carbons (Fsp3) is 0.0667. The highest BCUT2D eigenvalue weighted by Crippen LogP contribution is 2.52. The van der Waals surface area contributed by atoms with Crippen LogP contribution in [0.25, 0.3) is 77.4 Å². The van der Waals surface area contributed by atoms with Gasteiger partial charge in [0.15, 0.2) is 0 Å². The van der Waals surface area contributed by atoms with Crippen molar-refractivity contribution >= 4 is 21.8 Å². The van der Waals surface area contributed by atoms with Crippen LogP contribution in [0.3, 0.4) is 0 Å². The van der Waals surface area contributed by atoms with Crippen molar-refractivity contribution in [1.82, 2.24) is 4.98 Å². The van der Waals surface area contributed by atoms with E-state index in [1.807, 2.05) is 0 Å². The predicted molar refractivity (Wildman–Crippen MR) is 195 cm³/mol. The van der Waals surface area contributed by atoms with Gasteiger partial charge < -0.3 is 4.98 Å². The van der Waals surface area contributed by atoms with Crippen LogP contribution < -0.4 is 0 Å². The zero-order valence-electron chi connectivity index (χ0n) is 26.0. The second kappa shape index (κ2) is 10.2. The number of rotatable bonds is 4. The van der Waals surface area contributed by atoms with Gasteiger partial charge in [0.25, 0.3) is 0 Å². The standard InChI is InChI=1S/C45H33N/c1-45(2)40-22-7-6-18-38(40)43-35(19-11-23-41(43)45)33-16-8-14-30(26-33)31-15-9-17-34(27-31)36-20-10-21-37-39-28-32(29-12-4-3-5-13-29)24-25-42(39)46-44(36)37/h3-28,46H,1-2H3. The first-order valence-corrected chi connectivity index (χ1v) is 16.1. The maximum Gasteiger partial charge on any atom is 0.0544 e. The topological polar surface area (TPSA) is 15.8 Å². The van der Waals surface area contributed by atoms with Crippen LogP contribution in [0.5, 0.6) is 0 Å². The summed E-state index contributed by atoms with van der Waals surface area (Å²) in [5, 5.41) is 2.50. The highest BCUT2D eigenvalue weighted by molar-refractivity contribution is 6.13. The monoisotopic (exact) mass is 587 g/mol. The van der Waals surface area contributed by atoms with E-state index in [0.717, 1.165) is 5.52 Å². The molecule has 0 atom stereocenters. The molecule has 1 nitrogen and oxygen atoms in total. The Kier molecular flexibility index (Phi) is 5.92. The van der Waals surface area contributed by atoms with E-state index < -0.39 is 0 Å². The van der Waals surface area contributed by atoms with E-state index in [9.17, 15) is 0 Å². The molecule has 0 saturated heterocycles. The number of aromatic nitrogens is 1. The average molecular weight is 588 g/mol. The van der Waals surface area contributed by atoms with Crippen molar-refractivity contribution in [3.05, 3.63) is 169 Å². The van der Waals surface area contributed by atoms with Crippen LogP contribution in [-0.4, -0.2) is 4.98 Å². The third-order valence-corrected chi connectivity index (χ3v) is 10.0. The zero-order chi connectivity index (χ0) is 30.8. The highest BCUT2D eigenvalue weighted by atomic mass is 14.7. The van der Waals surface area contributed by atoms with Gasteiger partial charge in [-0.3, -0.25) is 0 Å². The highest BCUT2D eigenvalue weighted by Gasteiger charge is 2.36. The molecule has 1 aliphatic rings. The minimum atomic E-state index is -0.0133. The Morgan fingerprint density at radius 2 is 0.957 bits per heavy atom. The molecule has 8 aromatic rings. The van der Waals surface area contributed by atoms with Gasteiger partial charge in [-0.15, -0.1) is 0 Å². The Labute approximate surface area is 269 Å². The van der Waals surface area contributed by atoms with Crippen LogP contribution in [0.2, 0.25) is 0 Å². The molecule has 1 heteroatoms. The Balaban J connectivity index is 1.13. The Bertz CT molecular complexity index is 2440. The van der Waals surface area contributed by atoms with Crippen LogP contribution in [0, 0.1) is 0 Å². The fourth-order valence-electron chi connectivity index (χ4n) is 7.70. The molecular weight excluding hydrogens is 555 g/mol. The number of benzene rings is 7. The first kappa shape index (κ1) is 26.7. The molecule has 0 saturated carbocycles. The normalized spacial score (nSPS) is 13.2. The second-order valence-corrected chi connectivity index (χ2v) is 13.0. The minimum Gasteiger partial charge on any atom is -0.354 e. The van der Waals surface area contributed by atoms with E-state index in [0.29, 0.717) is 0 Å². The number of para-hydroxylation sites is 1. The molecule has 0 radical (unpaired) electrons. The van der Waals surface area contributed by atoms with E-state index in [1.54, 1.807) is 0 Å². The summed E-state index contributed by atoms with van der Waals surface area (Å²) < 4.78 is 0. The quantitative estimate of drug-likeness (QED) is 0.211. The van der Waals surface area contributed by atoms with Gasteiger partial charge in [0.05, 0.1) is 5.52 Å². The molecule has 1 aliphatic carbocycles. The molecule has 0 spiro atoms. The largest absolute Gasteiger partial charge is 0.354 e. The summed E-state index contributed by atoms with van der Waals surface area (Å²) >= 11 is 0. The van der Waals surface area contributed by atoms with Gasteiger partial charge in [-0.1, -0.05) is 147 Å². The zero-order valence-corrected chi connectivity index (χ0v) is 26.0. The first-order valence-electron chi connectivity index (χ1n) is 16.1. The van der Waals surface area contributed by atoms with Crippen molar-refractivity contribution in [3.8, 4) is 55.6 Å². The Morgan fingerprint density at radius 1 is 0.391 bits per heavy atom. The molecule has 7 aromatic carbocycles. The molecule has 0 unspecified atom stereocenters. The number of hydrogen-bond acceptors (Lipinski definition) is 0. The molecule has 0 bridgehead atoms. The van der Waals surface area contributed by atoms with Gasteiger partial charge in [0.2, 0.25) is 0 Å². The van der Waals surface area contributed by atoms with Crippen molar-refractivity contribution in [1.29, 1.82) is 0 Å². The third kappa shape index (κ3) is 4.09. The van der Waals surface area contributed by atoms with Crippen molar-refractivity contribution < 1.29 is 0 Å². The third-order valence-electron chi connectivity index (χ3n) is 10.0. The minimum absolute atomic E-state index is 0.0133. The van der Waals surface area contributed by atoms with Crippen molar-refractivity contribution in [2.75, 3.05) is 0 Å². The van der Waals surface area contributed by atoms with E-state index in [4.69, 9.17) is 0 Å². The summed E-state index contributed by atoms with van der Waals surface area (Å²) in [7, 11) is 0. The molecule has 9 rings (SSSR count). The van der Waals surface area contributed by atoms with Gasteiger partial charge in [-0.05, 0) is 85.5 Å². The van der Waals surface area contributed by atoms with Crippen LogP contribution in [-0.2, 0) is 5.41 Å². The van der Waals surface area contributed by atoms with E-state index in [1.165, 1.54) is 83.1 Å². The molecule has 0 fully saturated rings. The van der Waals surface area contributed by atoms with Crippen molar-refractivity contribution in [2.45, 2.75) is 19.3 Å². The van der Waals surface area contributed by atoms with Crippen molar-refractivity contribution in [2.24, 2.45) is 0 Å². The average Bonchev–Trinajstić information content (AvgIpc) is 3.60. The van der Waals surface area contributed by atoms with Crippen LogP contribution >= 0.6 is 0 Å². The number of nitrogens with one attached hydrogen (secondary N) is 1.